The molecular formula is C33H34N2O5S. The normalized spacial score (nSPS) is 18.6. The number of hydrogen-bond donors (Lipinski definition) is 3. The summed E-state index contributed by atoms with van der Waals surface area (Å²) >= 11 is 1.67. The van der Waals surface area contributed by atoms with Crippen molar-refractivity contribution in [2.75, 3.05) is 18.1 Å². The van der Waals surface area contributed by atoms with Gasteiger partial charge in [-0.15, -0.1) is 0 Å². The molecule has 2 heterocycles. The molecule has 1 saturated heterocycles. The Morgan fingerprint density at radius 1 is 0.902 bits per heavy atom. The summed E-state index contributed by atoms with van der Waals surface area (Å²) < 4.78 is 12.9. The van der Waals surface area contributed by atoms with Gasteiger partial charge in [-0.3, -0.25) is 9.78 Å². The fraction of sp³-hybridized carbons (Fsp3) is 0.273. The van der Waals surface area contributed by atoms with Crippen LogP contribution in [0, 0.1) is 0 Å². The molecule has 1 aliphatic heterocycles. The van der Waals surface area contributed by atoms with Crippen LogP contribution in [-0.2, 0) is 22.6 Å². The zero-order valence-corrected chi connectivity index (χ0v) is 23.5. The molecule has 212 valence electrons. The molecule has 1 fully saturated rings. The minimum atomic E-state index is -0.548. The van der Waals surface area contributed by atoms with Crippen molar-refractivity contribution in [1.29, 1.82) is 0 Å². The number of rotatable bonds is 11. The number of hydrogen-bond acceptors (Lipinski definition) is 7. The van der Waals surface area contributed by atoms with Crippen molar-refractivity contribution >= 4 is 17.7 Å². The Morgan fingerprint density at radius 2 is 1.71 bits per heavy atom. The second-order valence-electron chi connectivity index (χ2n) is 9.90. The molecule has 3 N–H and O–H groups in total. The average molecular weight is 571 g/mol. The number of benzene rings is 3. The van der Waals surface area contributed by atoms with Crippen LogP contribution in [0.25, 0.3) is 11.1 Å². The first kappa shape index (κ1) is 29.0. The first-order valence-corrected chi connectivity index (χ1v) is 14.8. The monoisotopic (exact) mass is 570 g/mol. The lowest BCUT2D eigenvalue weighted by Gasteiger charge is -2.36. The van der Waals surface area contributed by atoms with Crippen molar-refractivity contribution in [3.05, 3.63) is 125 Å². The molecule has 3 atom stereocenters. The lowest BCUT2D eigenvalue weighted by molar-refractivity contribution is -0.245. The zero-order valence-electron chi connectivity index (χ0n) is 22.7. The zero-order chi connectivity index (χ0) is 28.4. The highest BCUT2D eigenvalue weighted by Gasteiger charge is 2.32. The topological polar surface area (TPSA) is 101 Å². The van der Waals surface area contributed by atoms with Crippen molar-refractivity contribution in [3.8, 4) is 11.1 Å². The minimum Gasteiger partial charge on any atom is -0.396 e. The lowest BCUT2D eigenvalue weighted by atomic mass is 9.99. The van der Waals surface area contributed by atoms with Gasteiger partial charge in [0.15, 0.2) is 6.29 Å². The largest absolute Gasteiger partial charge is 0.396 e. The van der Waals surface area contributed by atoms with E-state index in [0.29, 0.717) is 24.3 Å². The molecular weight excluding hydrogens is 536 g/mol. The van der Waals surface area contributed by atoms with Crippen LogP contribution in [-0.4, -0.2) is 45.3 Å². The third-order valence-electron chi connectivity index (χ3n) is 6.95. The van der Waals surface area contributed by atoms with E-state index in [4.69, 9.17) is 9.47 Å². The number of nitrogens with one attached hydrogen (secondary N) is 1. The number of aliphatic hydroxyl groups excluding tert-OH is 2. The van der Waals surface area contributed by atoms with E-state index in [-0.39, 0.29) is 31.3 Å². The summed E-state index contributed by atoms with van der Waals surface area (Å²) in [7, 11) is 0. The summed E-state index contributed by atoms with van der Waals surface area (Å²) in [4.78, 5) is 16.5. The van der Waals surface area contributed by atoms with Crippen molar-refractivity contribution in [2.24, 2.45) is 0 Å². The molecule has 7 nitrogen and oxygen atoms in total. The Kier molecular flexibility index (Phi) is 10.2. The van der Waals surface area contributed by atoms with Crippen LogP contribution in [0.5, 0.6) is 0 Å². The smallest absolute Gasteiger partial charge is 0.253 e. The summed E-state index contributed by atoms with van der Waals surface area (Å²) in [6.45, 7) is 0.542. The predicted molar refractivity (Wildman–Crippen MR) is 160 cm³/mol. The van der Waals surface area contributed by atoms with Crippen molar-refractivity contribution in [2.45, 2.75) is 38.1 Å². The maximum atomic E-state index is 12.5. The van der Waals surface area contributed by atoms with Crippen LogP contribution in [0.15, 0.2) is 97.3 Å². The maximum Gasteiger partial charge on any atom is 0.253 e. The molecule has 0 saturated carbocycles. The highest BCUT2D eigenvalue weighted by molar-refractivity contribution is 7.99. The van der Waals surface area contributed by atoms with Crippen LogP contribution in [0.4, 0.5) is 0 Å². The fourth-order valence-electron chi connectivity index (χ4n) is 4.81. The van der Waals surface area contributed by atoms with Crippen LogP contribution in [0.2, 0.25) is 0 Å². The van der Waals surface area contributed by atoms with Gasteiger partial charge in [0.1, 0.15) is 0 Å². The summed E-state index contributed by atoms with van der Waals surface area (Å²) in [6, 6.07) is 27.6. The van der Waals surface area contributed by atoms with Crippen molar-refractivity contribution in [3.63, 3.8) is 0 Å². The third-order valence-corrected chi connectivity index (χ3v) is 8.03. The quantitative estimate of drug-likeness (QED) is 0.206. The van der Waals surface area contributed by atoms with Gasteiger partial charge >= 0.3 is 0 Å². The first-order valence-electron chi connectivity index (χ1n) is 13.7. The number of amides is 1. The summed E-state index contributed by atoms with van der Waals surface area (Å²) in [5.74, 6) is 1.26. The molecule has 4 aromatic rings. The van der Waals surface area contributed by atoms with Gasteiger partial charge in [-0.05, 0) is 52.1 Å². The predicted octanol–water partition coefficient (Wildman–Crippen LogP) is 5.44. The van der Waals surface area contributed by atoms with Gasteiger partial charge in [0.05, 0.1) is 31.0 Å². The molecule has 3 aromatic carbocycles. The second-order valence-corrected chi connectivity index (χ2v) is 11.0. The molecule has 0 radical (unpaired) electrons. The van der Waals surface area contributed by atoms with E-state index >= 15 is 0 Å². The van der Waals surface area contributed by atoms with Gasteiger partial charge in [-0.2, -0.15) is 11.8 Å². The molecule has 0 aliphatic carbocycles. The van der Waals surface area contributed by atoms with E-state index in [1.54, 1.807) is 36.3 Å². The standard InChI is InChI=1S/C33H34N2O5S/c36-14-15-41-22-30-18-31(25-11-9-23(21-37)10-12-25)40-33(39-30)28-7-2-6-27(17-28)26-5-1-4-24(16-26)19-35-32(38)29-8-3-13-34-20-29/h1-13,16-17,20,30-31,33,36-37H,14-15,18-19,21-22H2,(H,35,38)/t30-,31+,33+/m0/s1. The summed E-state index contributed by atoms with van der Waals surface area (Å²) in [5.41, 5.74) is 6.40. The fourth-order valence-corrected chi connectivity index (χ4v) is 5.58. The van der Waals surface area contributed by atoms with E-state index in [2.05, 4.69) is 28.5 Å². The number of thioether (sulfide) groups is 1. The molecule has 0 unspecified atom stereocenters. The molecule has 1 aromatic heterocycles. The van der Waals surface area contributed by atoms with Gasteiger partial charge in [0.25, 0.3) is 5.91 Å². The minimum absolute atomic E-state index is 0.00281. The van der Waals surface area contributed by atoms with Gasteiger partial charge in [0.2, 0.25) is 0 Å². The number of carbonyl (C=O) groups excluding carboxylic acids is 1. The Morgan fingerprint density at radius 3 is 2.46 bits per heavy atom. The Hall–Kier alpha value is -3.53. The van der Waals surface area contributed by atoms with Crippen molar-refractivity contribution in [1.82, 2.24) is 10.3 Å². The van der Waals surface area contributed by atoms with Crippen molar-refractivity contribution < 1.29 is 24.5 Å². The molecule has 1 aliphatic rings. The highest BCUT2D eigenvalue weighted by atomic mass is 32.2. The number of nitrogens with zero attached hydrogens (tertiary/aromatic N) is 1. The molecule has 5 rings (SSSR count). The van der Waals surface area contributed by atoms with E-state index in [1.807, 2.05) is 54.6 Å². The lowest BCUT2D eigenvalue weighted by Crippen LogP contribution is -2.31. The molecule has 41 heavy (non-hydrogen) atoms. The first-order chi connectivity index (χ1) is 20.1. The Bertz CT molecular complexity index is 1420. The van der Waals surface area contributed by atoms with E-state index in [0.717, 1.165) is 39.1 Å². The van der Waals surface area contributed by atoms with E-state index in [1.165, 1.54) is 0 Å². The van der Waals surface area contributed by atoms with Crippen LogP contribution in [0.1, 0.15) is 51.4 Å². The average Bonchev–Trinajstić information content (AvgIpc) is 3.04. The Labute approximate surface area is 244 Å². The Balaban J connectivity index is 1.32. The number of aliphatic hydroxyl groups is 2. The van der Waals surface area contributed by atoms with E-state index in [9.17, 15) is 15.0 Å². The van der Waals surface area contributed by atoms with Gasteiger partial charge < -0.3 is 25.0 Å². The van der Waals surface area contributed by atoms with Crippen LogP contribution in [0.3, 0.4) is 0 Å². The molecule has 8 heteroatoms. The number of carbonyl (C=O) groups is 1. The molecule has 0 spiro atoms. The van der Waals surface area contributed by atoms with Gasteiger partial charge in [0, 0.05) is 42.4 Å². The molecule has 1 amide bonds. The summed E-state index contributed by atoms with van der Waals surface area (Å²) in [6.07, 6.45) is 3.16. The number of aromatic nitrogens is 1. The highest BCUT2D eigenvalue weighted by Crippen LogP contribution is 2.39. The third kappa shape index (κ3) is 7.81. The second kappa shape index (κ2) is 14.4. The number of pyridine rings is 1. The SMILES string of the molecule is O=C(NCc1cccc(-c2cccc([C@@H]3O[C@H](CSCCO)C[C@H](c4ccc(CO)cc4)O3)c2)c1)c1cccnc1. The van der Waals surface area contributed by atoms with Crippen LogP contribution < -0.4 is 5.32 Å². The maximum absolute atomic E-state index is 12.5. The van der Waals surface area contributed by atoms with E-state index < -0.39 is 6.29 Å². The molecule has 0 bridgehead atoms. The van der Waals surface area contributed by atoms with Crippen LogP contribution >= 0.6 is 11.8 Å². The van der Waals surface area contributed by atoms with Gasteiger partial charge in [-0.1, -0.05) is 60.7 Å². The van der Waals surface area contributed by atoms with Gasteiger partial charge in [-0.25, -0.2) is 0 Å². The number of ether oxygens (including phenoxy) is 2. The summed E-state index contributed by atoms with van der Waals surface area (Å²) in [5, 5.41) is 21.6.